The zero-order chi connectivity index (χ0) is 20.8. The number of rotatable bonds is 4. The number of hydrogen-bond acceptors (Lipinski definition) is 3. The van der Waals surface area contributed by atoms with E-state index in [0.717, 1.165) is 22.3 Å². The fourth-order valence-corrected chi connectivity index (χ4v) is 4.22. The van der Waals surface area contributed by atoms with Gasteiger partial charge < -0.3 is 15.2 Å². The average Bonchev–Trinajstić information content (AvgIpc) is 2.96. The minimum Gasteiger partial charge on any atom is -0.481 e. The molecule has 2 aromatic rings. The monoisotopic (exact) mass is 405 g/mol. The fraction of sp³-hybridized carbons (Fsp3) is 0.333. The molecule has 0 aliphatic heterocycles. The number of halogens is 3. The van der Waals surface area contributed by atoms with Crippen LogP contribution in [0.4, 0.5) is 18.0 Å². The molecule has 2 aliphatic carbocycles. The largest absolute Gasteiger partial charge is 0.481 e. The lowest BCUT2D eigenvalue weighted by Crippen LogP contribution is -2.60. The normalized spacial score (nSPS) is 22.9. The number of carboxylic acid groups (broad SMARTS) is 1. The van der Waals surface area contributed by atoms with E-state index in [2.05, 4.69) is 5.32 Å². The third-order valence-corrected chi connectivity index (χ3v) is 5.74. The van der Waals surface area contributed by atoms with E-state index in [1.807, 2.05) is 48.5 Å². The van der Waals surface area contributed by atoms with E-state index in [9.17, 15) is 22.8 Å². The zero-order valence-corrected chi connectivity index (χ0v) is 15.1. The van der Waals surface area contributed by atoms with E-state index in [4.69, 9.17) is 9.84 Å². The molecule has 29 heavy (non-hydrogen) atoms. The Hall–Kier alpha value is -3.03. The molecule has 152 valence electrons. The van der Waals surface area contributed by atoms with Gasteiger partial charge in [0, 0.05) is 5.92 Å². The predicted molar refractivity (Wildman–Crippen MR) is 97.3 cm³/mol. The average molecular weight is 405 g/mol. The van der Waals surface area contributed by atoms with Crippen LogP contribution in [-0.4, -0.2) is 36.0 Å². The highest BCUT2D eigenvalue weighted by atomic mass is 19.4. The lowest BCUT2D eigenvalue weighted by atomic mass is 9.69. The van der Waals surface area contributed by atoms with Crippen molar-refractivity contribution < 1.29 is 32.6 Å². The van der Waals surface area contributed by atoms with Gasteiger partial charge in [-0.1, -0.05) is 48.5 Å². The van der Waals surface area contributed by atoms with Gasteiger partial charge >= 0.3 is 18.2 Å². The van der Waals surface area contributed by atoms with Gasteiger partial charge in [-0.15, -0.1) is 0 Å². The summed E-state index contributed by atoms with van der Waals surface area (Å²) in [7, 11) is 0. The number of hydrogen-bond donors (Lipinski definition) is 2. The number of nitrogens with one attached hydrogen (secondary N) is 1. The van der Waals surface area contributed by atoms with Crippen molar-refractivity contribution in [3.63, 3.8) is 0 Å². The van der Waals surface area contributed by atoms with Crippen LogP contribution in [0, 0.1) is 11.8 Å². The van der Waals surface area contributed by atoms with Crippen molar-refractivity contribution in [1.29, 1.82) is 0 Å². The van der Waals surface area contributed by atoms with Crippen LogP contribution in [0.5, 0.6) is 0 Å². The minimum atomic E-state index is -4.58. The molecule has 0 radical (unpaired) electrons. The van der Waals surface area contributed by atoms with E-state index in [1.54, 1.807) is 0 Å². The molecule has 0 spiro atoms. The Morgan fingerprint density at radius 1 is 1.03 bits per heavy atom. The first-order valence-electron chi connectivity index (χ1n) is 9.18. The van der Waals surface area contributed by atoms with Crippen LogP contribution < -0.4 is 5.32 Å². The zero-order valence-electron chi connectivity index (χ0n) is 15.1. The summed E-state index contributed by atoms with van der Waals surface area (Å²) >= 11 is 0. The summed E-state index contributed by atoms with van der Waals surface area (Å²) in [5.41, 5.74) is 4.00. The third kappa shape index (κ3) is 3.43. The van der Waals surface area contributed by atoms with Gasteiger partial charge in [0.2, 0.25) is 0 Å². The van der Waals surface area contributed by atoms with E-state index < -0.39 is 42.5 Å². The lowest BCUT2D eigenvalue weighted by Gasteiger charge is -2.42. The van der Waals surface area contributed by atoms with Crippen molar-refractivity contribution in [2.45, 2.75) is 24.6 Å². The van der Waals surface area contributed by atoms with Crippen LogP contribution in [0.15, 0.2) is 48.5 Å². The molecule has 0 aromatic heterocycles. The molecule has 5 nitrogen and oxygen atoms in total. The second-order valence-electron chi connectivity index (χ2n) is 7.32. The SMILES string of the molecule is O=C(N[C@H]1[C@H](C(=O)O)C[C@@H]1C(F)(F)F)OCC1c2ccccc2-c2ccccc21. The van der Waals surface area contributed by atoms with Crippen molar-refractivity contribution >= 4 is 12.1 Å². The molecular formula is C21H18F3NO4. The first kappa shape index (κ1) is 19.3. The molecule has 0 saturated heterocycles. The molecule has 1 saturated carbocycles. The Morgan fingerprint density at radius 3 is 2.10 bits per heavy atom. The minimum absolute atomic E-state index is 0.0546. The number of amides is 1. The van der Waals surface area contributed by atoms with Gasteiger partial charge in [0.05, 0.1) is 17.9 Å². The molecule has 0 bridgehead atoms. The number of carbonyl (C=O) groups is 2. The Morgan fingerprint density at radius 2 is 1.59 bits per heavy atom. The van der Waals surface area contributed by atoms with Crippen molar-refractivity contribution in [3.8, 4) is 11.1 Å². The van der Waals surface area contributed by atoms with Crippen molar-refractivity contribution in [1.82, 2.24) is 5.32 Å². The summed E-state index contributed by atoms with van der Waals surface area (Å²) in [6, 6.07) is 13.8. The number of carbonyl (C=O) groups excluding carboxylic acids is 1. The molecule has 2 aliphatic rings. The molecule has 1 amide bonds. The number of fused-ring (bicyclic) bond motifs is 3. The Bertz CT molecular complexity index is 913. The highest BCUT2D eigenvalue weighted by molar-refractivity contribution is 5.79. The maximum atomic E-state index is 13.0. The summed E-state index contributed by atoms with van der Waals surface area (Å²) in [4.78, 5) is 23.3. The van der Waals surface area contributed by atoms with Crippen molar-refractivity contribution in [3.05, 3.63) is 59.7 Å². The number of alkyl carbamates (subject to hydrolysis) is 1. The first-order valence-corrected chi connectivity index (χ1v) is 9.18. The van der Waals surface area contributed by atoms with E-state index in [-0.39, 0.29) is 12.5 Å². The maximum Gasteiger partial charge on any atom is 0.407 e. The summed E-state index contributed by atoms with van der Waals surface area (Å²) in [6.45, 7) is -0.0546. The number of alkyl halides is 3. The topological polar surface area (TPSA) is 75.6 Å². The molecule has 2 aromatic carbocycles. The Labute approximate surface area is 164 Å². The molecule has 0 heterocycles. The van der Waals surface area contributed by atoms with Crippen LogP contribution in [0.3, 0.4) is 0 Å². The van der Waals surface area contributed by atoms with Crippen molar-refractivity contribution in [2.75, 3.05) is 6.61 Å². The summed E-state index contributed by atoms with van der Waals surface area (Å²) in [6.07, 6.45) is -6.17. The number of carboxylic acids is 1. The van der Waals surface area contributed by atoms with Crippen molar-refractivity contribution in [2.24, 2.45) is 11.8 Å². The summed E-state index contributed by atoms with van der Waals surface area (Å²) < 4.78 is 44.3. The van der Waals surface area contributed by atoms with Gasteiger partial charge in [0.25, 0.3) is 0 Å². The molecule has 8 heteroatoms. The number of benzene rings is 2. The van der Waals surface area contributed by atoms with Crippen LogP contribution in [0.1, 0.15) is 23.5 Å². The highest BCUT2D eigenvalue weighted by Crippen LogP contribution is 2.46. The number of ether oxygens (including phenoxy) is 1. The van der Waals surface area contributed by atoms with Gasteiger partial charge in [-0.2, -0.15) is 13.2 Å². The van der Waals surface area contributed by atoms with Gasteiger partial charge in [0.1, 0.15) is 6.61 Å². The van der Waals surface area contributed by atoms with Crippen LogP contribution >= 0.6 is 0 Å². The van der Waals surface area contributed by atoms with Crippen LogP contribution in [0.2, 0.25) is 0 Å². The fourth-order valence-electron chi connectivity index (χ4n) is 4.22. The molecule has 3 atom stereocenters. The first-order chi connectivity index (χ1) is 13.8. The lowest BCUT2D eigenvalue weighted by molar-refractivity contribution is -0.217. The highest BCUT2D eigenvalue weighted by Gasteiger charge is 2.58. The second kappa shape index (κ2) is 7.09. The molecule has 0 unspecified atom stereocenters. The van der Waals surface area contributed by atoms with Gasteiger partial charge in [-0.25, -0.2) is 4.79 Å². The standard InChI is InChI=1S/C21H18F3NO4/c22-21(23,24)17-9-15(19(26)27)18(17)25-20(28)29-10-16-13-7-3-1-5-11(13)12-6-2-4-8-14(12)16/h1-8,15-18H,9-10H2,(H,25,28)(H,26,27)/t15-,17+,18+/m1/s1. The summed E-state index contributed by atoms with van der Waals surface area (Å²) in [5, 5.41) is 11.2. The third-order valence-electron chi connectivity index (χ3n) is 5.74. The molecule has 2 N–H and O–H groups in total. The van der Waals surface area contributed by atoms with Crippen LogP contribution in [-0.2, 0) is 9.53 Å². The van der Waals surface area contributed by atoms with E-state index in [1.165, 1.54) is 0 Å². The predicted octanol–water partition coefficient (Wildman–Crippen LogP) is 4.18. The molecule has 4 rings (SSSR count). The molecule has 1 fully saturated rings. The van der Waals surface area contributed by atoms with E-state index >= 15 is 0 Å². The molecular weight excluding hydrogens is 387 g/mol. The van der Waals surface area contributed by atoms with Gasteiger partial charge in [0.15, 0.2) is 0 Å². The second-order valence-corrected chi connectivity index (χ2v) is 7.32. The van der Waals surface area contributed by atoms with Crippen LogP contribution in [0.25, 0.3) is 11.1 Å². The maximum absolute atomic E-state index is 13.0. The Balaban J connectivity index is 1.45. The smallest absolute Gasteiger partial charge is 0.407 e. The van der Waals surface area contributed by atoms with Gasteiger partial charge in [-0.3, -0.25) is 4.79 Å². The van der Waals surface area contributed by atoms with Gasteiger partial charge in [-0.05, 0) is 28.7 Å². The number of aliphatic carboxylic acids is 1. The summed E-state index contributed by atoms with van der Waals surface area (Å²) in [5.74, 6) is -4.76. The van der Waals surface area contributed by atoms with E-state index in [0.29, 0.717) is 0 Å². The Kier molecular flexibility index (Phi) is 4.72. The quantitative estimate of drug-likeness (QED) is 0.800.